The zero-order valence-electron chi connectivity index (χ0n) is 16.3. The van der Waals surface area contributed by atoms with Crippen LogP contribution in [0.1, 0.15) is 30.0 Å². The molecular weight excluding hydrogens is 354 g/mol. The van der Waals surface area contributed by atoms with Gasteiger partial charge in [0.25, 0.3) is 0 Å². The summed E-state index contributed by atoms with van der Waals surface area (Å²) in [5.41, 5.74) is 4.61. The van der Waals surface area contributed by atoms with Gasteiger partial charge in [0.05, 0.1) is 19.3 Å². The van der Waals surface area contributed by atoms with Gasteiger partial charge >= 0.3 is 0 Å². The molecule has 2 aromatic rings. The maximum atomic E-state index is 12.8. The number of benzene rings is 1. The molecule has 2 aliphatic rings. The van der Waals surface area contributed by atoms with Gasteiger partial charge in [0, 0.05) is 43.4 Å². The predicted octanol–water partition coefficient (Wildman–Crippen LogP) is 1.52. The first kappa shape index (κ1) is 18.7. The van der Waals surface area contributed by atoms with Crippen molar-refractivity contribution in [1.29, 1.82) is 0 Å². The van der Waals surface area contributed by atoms with Gasteiger partial charge in [-0.05, 0) is 25.3 Å². The third-order valence-electron chi connectivity index (χ3n) is 5.69. The van der Waals surface area contributed by atoms with Crippen LogP contribution in [0, 0.1) is 6.92 Å². The molecular formula is C21H27N5O2. The van der Waals surface area contributed by atoms with Crippen molar-refractivity contribution in [3.63, 3.8) is 0 Å². The second-order valence-corrected chi connectivity index (χ2v) is 7.80. The van der Waals surface area contributed by atoms with Crippen LogP contribution in [0.4, 0.5) is 0 Å². The summed E-state index contributed by atoms with van der Waals surface area (Å²) in [6.07, 6.45) is 3.90. The van der Waals surface area contributed by atoms with Crippen molar-refractivity contribution in [3.8, 4) is 11.1 Å². The molecule has 0 bridgehead atoms. The molecule has 28 heavy (non-hydrogen) atoms. The first-order chi connectivity index (χ1) is 13.6. The fourth-order valence-electron chi connectivity index (χ4n) is 4.13. The fourth-order valence-corrected chi connectivity index (χ4v) is 4.13. The molecule has 2 N–H and O–H groups in total. The second-order valence-electron chi connectivity index (χ2n) is 7.80. The van der Waals surface area contributed by atoms with E-state index in [1.807, 2.05) is 16.0 Å². The quantitative estimate of drug-likeness (QED) is 0.842. The lowest BCUT2D eigenvalue weighted by Crippen LogP contribution is -2.52. The van der Waals surface area contributed by atoms with Crippen LogP contribution >= 0.6 is 0 Å². The van der Waals surface area contributed by atoms with Crippen LogP contribution in [0.3, 0.4) is 0 Å². The van der Waals surface area contributed by atoms with Crippen molar-refractivity contribution < 1.29 is 9.59 Å². The van der Waals surface area contributed by atoms with Crippen molar-refractivity contribution in [1.82, 2.24) is 25.3 Å². The van der Waals surface area contributed by atoms with Crippen molar-refractivity contribution in [2.24, 2.45) is 0 Å². The summed E-state index contributed by atoms with van der Waals surface area (Å²) in [5.74, 6) is 0.354. The Hall–Kier alpha value is -2.67. The number of H-pyrrole nitrogens is 1. The predicted molar refractivity (Wildman–Crippen MR) is 107 cm³/mol. The van der Waals surface area contributed by atoms with Crippen LogP contribution in [0.25, 0.3) is 11.1 Å². The molecule has 1 atom stereocenters. The third kappa shape index (κ3) is 4.09. The van der Waals surface area contributed by atoms with Gasteiger partial charge in [-0.25, -0.2) is 0 Å². The molecule has 0 radical (unpaired) electrons. The number of aromatic amines is 1. The lowest BCUT2D eigenvalue weighted by Gasteiger charge is -2.35. The number of rotatable bonds is 4. The molecule has 1 aromatic carbocycles. The van der Waals surface area contributed by atoms with Gasteiger partial charge in [-0.1, -0.05) is 29.8 Å². The van der Waals surface area contributed by atoms with Crippen LogP contribution in [0.2, 0.25) is 0 Å². The van der Waals surface area contributed by atoms with E-state index in [0.29, 0.717) is 26.2 Å². The lowest BCUT2D eigenvalue weighted by molar-refractivity contribution is -0.135. The number of hydrogen-bond acceptors (Lipinski definition) is 4. The zero-order chi connectivity index (χ0) is 19.5. The maximum Gasteiger partial charge on any atom is 0.236 e. The second kappa shape index (κ2) is 8.14. The molecule has 2 amide bonds. The number of hydrogen-bond donors (Lipinski definition) is 2. The maximum absolute atomic E-state index is 12.8. The number of nitrogens with one attached hydrogen (secondary N) is 2. The molecule has 7 heteroatoms. The smallest absolute Gasteiger partial charge is 0.236 e. The molecule has 4 rings (SSSR count). The van der Waals surface area contributed by atoms with Crippen LogP contribution in [0.15, 0.2) is 30.5 Å². The largest absolute Gasteiger partial charge is 0.354 e. The fraction of sp³-hybridized carbons (Fsp3) is 0.476. The van der Waals surface area contributed by atoms with E-state index in [0.717, 1.165) is 42.8 Å². The Labute approximate surface area is 165 Å². The number of piperidine rings is 1. The van der Waals surface area contributed by atoms with Crippen molar-refractivity contribution in [3.05, 3.63) is 41.7 Å². The van der Waals surface area contributed by atoms with E-state index < -0.39 is 0 Å². The molecule has 1 aromatic heterocycles. The van der Waals surface area contributed by atoms with E-state index in [9.17, 15) is 9.59 Å². The Kier molecular flexibility index (Phi) is 5.43. The Morgan fingerprint density at radius 3 is 2.86 bits per heavy atom. The highest BCUT2D eigenvalue weighted by Gasteiger charge is 2.29. The number of piperazine rings is 1. The Morgan fingerprint density at radius 2 is 2.07 bits per heavy atom. The molecule has 3 heterocycles. The van der Waals surface area contributed by atoms with E-state index >= 15 is 0 Å². The van der Waals surface area contributed by atoms with Gasteiger partial charge < -0.3 is 10.2 Å². The zero-order valence-corrected chi connectivity index (χ0v) is 16.3. The number of amides is 2. The van der Waals surface area contributed by atoms with Crippen LogP contribution in [-0.4, -0.2) is 71.1 Å². The summed E-state index contributed by atoms with van der Waals surface area (Å²) < 4.78 is 0. The van der Waals surface area contributed by atoms with Crippen molar-refractivity contribution >= 4 is 11.8 Å². The summed E-state index contributed by atoms with van der Waals surface area (Å²) in [6.45, 7) is 5.52. The minimum Gasteiger partial charge on any atom is -0.354 e. The van der Waals surface area contributed by atoms with E-state index in [1.54, 1.807) is 0 Å². The molecule has 7 nitrogen and oxygen atoms in total. The van der Waals surface area contributed by atoms with Gasteiger partial charge in [0.2, 0.25) is 11.8 Å². The minimum atomic E-state index is -0.00392. The van der Waals surface area contributed by atoms with Gasteiger partial charge in [0.1, 0.15) is 0 Å². The summed E-state index contributed by atoms with van der Waals surface area (Å²) in [6, 6.07) is 8.46. The molecule has 0 saturated carbocycles. The molecule has 148 valence electrons. The van der Waals surface area contributed by atoms with E-state index in [4.69, 9.17) is 0 Å². The Bertz CT molecular complexity index is 845. The van der Waals surface area contributed by atoms with Crippen molar-refractivity contribution in [2.75, 3.05) is 39.3 Å². The SMILES string of the molecule is Cc1ccc(-c2cn[nH]c2[C@H]2CCCN(C(=O)CN3CCNC(=O)C3)C2)cc1. The molecule has 2 saturated heterocycles. The summed E-state index contributed by atoms with van der Waals surface area (Å²) >= 11 is 0. The number of aromatic nitrogens is 2. The Balaban J connectivity index is 1.44. The standard InChI is InChI=1S/C21H27N5O2/c1-15-4-6-16(7-5-15)18-11-23-24-21(18)17-3-2-9-26(12-17)20(28)14-25-10-8-22-19(27)13-25/h4-7,11,17H,2-3,8-10,12-14H2,1H3,(H,22,27)(H,23,24)/t17-/m0/s1. The number of aryl methyl sites for hydroxylation is 1. The van der Waals surface area contributed by atoms with E-state index in [2.05, 4.69) is 46.7 Å². The highest BCUT2D eigenvalue weighted by Crippen LogP contribution is 2.33. The first-order valence-electron chi connectivity index (χ1n) is 9.97. The average molecular weight is 381 g/mol. The molecule has 2 aliphatic heterocycles. The highest BCUT2D eigenvalue weighted by atomic mass is 16.2. The highest BCUT2D eigenvalue weighted by molar-refractivity contribution is 5.82. The van der Waals surface area contributed by atoms with E-state index in [1.165, 1.54) is 5.56 Å². The summed E-state index contributed by atoms with van der Waals surface area (Å²) in [7, 11) is 0. The summed E-state index contributed by atoms with van der Waals surface area (Å²) in [4.78, 5) is 28.2. The summed E-state index contributed by atoms with van der Waals surface area (Å²) in [5, 5.41) is 10.3. The van der Waals surface area contributed by atoms with E-state index in [-0.39, 0.29) is 17.7 Å². The molecule has 0 spiro atoms. The Morgan fingerprint density at radius 1 is 1.25 bits per heavy atom. The third-order valence-corrected chi connectivity index (χ3v) is 5.69. The normalized spacial score (nSPS) is 20.8. The lowest BCUT2D eigenvalue weighted by atomic mass is 9.90. The molecule has 0 aliphatic carbocycles. The van der Waals surface area contributed by atoms with Gasteiger partial charge in [-0.2, -0.15) is 5.10 Å². The first-order valence-corrected chi connectivity index (χ1v) is 9.97. The van der Waals surface area contributed by atoms with Crippen molar-refractivity contribution in [2.45, 2.75) is 25.7 Å². The monoisotopic (exact) mass is 381 g/mol. The molecule has 2 fully saturated rings. The number of likely N-dealkylation sites (tertiary alicyclic amines) is 1. The van der Waals surface area contributed by atoms with Crippen LogP contribution < -0.4 is 5.32 Å². The molecule has 0 unspecified atom stereocenters. The number of carbonyl (C=O) groups excluding carboxylic acids is 2. The van der Waals surface area contributed by atoms with Gasteiger partial charge in [-0.15, -0.1) is 0 Å². The van der Waals surface area contributed by atoms with Crippen LogP contribution in [0.5, 0.6) is 0 Å². The number of nitrogens with zero attached hydrogens (tertiary/aromatic N) is 3. The van der Waals surface area contributed by atoms with Gasteiger partial charge in [-0.3, -0.25) is 19.6 Å². The minimum absolute atomic E-state index is 0.00392. The van der Waals surface area contributed by atoms with Gasteiger partial charge in [0.15, 0.2) is 0 Å². The average Bonchev–Trinajstić information content (AvgIpc) is 3.18. The van der Waals surface area contributed by atoms with Crippen LogP contribution in [-0.2, 0) is 9.59 Å². The topological polar surface area (TPSA) is 81.3 Å². The number of carbonyl (C=O) groups is 2.